The van der Waals surface area contributed by atoms with Gasteiger partial charge in [-0.2, -0.15) is 0 Å². The van der Waals surface area contributed by atoms with Crippen LogP contribution >= 0.6 is 0 Å². The lowest BCUT2D eigenvalue weighted by Crippen LogP contribution is -2.51. The lowest BCUT2D eigenvalue weighted by Gasteiger charge is -2.31. The number of carboxylic acids is 1. The maximum atomic E-state index is 12.0. The van der Waals surface area contributed by atoms with Crippen molar-refractivity contribution in [3.8, 4) is 0 Å². The molecule has 1 saturated heterocycles. The van der Waals surface area contributed by atoms with Gasteiger partial charge in [-0.25, -0.2) is 9.59 Å². The van der Waals surface area contributed by atoms with Gasteiger partial charge >= 0.3 is 18.0 Å². The van der Waals surface area contributed by atoms with Gasteiger partial charge in [0.25, 0.3) is 0 Å². The van der Waals surface area contributed by atoms with E-state index in [1.54, 1.807) is 6.92 Å². The maximum Gasteiger partial charge on any atom is 0.328 e. The van der Waals surface area contributed by atoms with Gasteiger partial charge in [-0.1, -0.05) is 6.92 Å². The first-order chi connectivity index (χ1) is 8.99. The quantitative estimate of drug-likeness (QED) is 0.724. The minimum atomic E-state index is -0.891. The number of likely N-dealkylation sites (tertiary alicyclic amines) is 1. The van der Waals surface area contributed by atoms with Crippen LogP contribution in [0.5, 0.6) is 0 Å². The molecule has 1 fully saturated rings. The molecule has 0 aromatic rings. The molecule has 19 heavy (non-hydrogen) atoms. The van der Waals surface area contributed by atoms with E-state index in [1.807, 2.05) is 0 Å². The smallest absolute Gasteiger partial charge is 0.328 e. The fourth-order valence-electron chi connectivity index (χ4n) is 2.07. The molecule has 0 saturated carbocycles. The second-order valence-corrected chi connectivity index (χ2v) is 4.56. The Balaban J connectivity index is 2.57. The first-order valence-electron chi connectivity index (χ1n) is 6.35. The Labute approximate surface area is 111 Å². The summed E-state index contributed by atoms with van der Waals surface area (Å²) in [5.41, 5.74) is 0. The zero-order valence-corrected chi connectivity index (χ0v) is 11.2. The van der Waals surface area contributed by atoms with Gasteiger partial charge < -0.3 is 20.1 Å². The zero-order chi connectivity index (χ0) is 14.4. The number of amides is 2. The van der Waals surface area contributed by atoms with Gasteiger partial charge in [-0.15, -0.1) is 0 Å². The third-order valence-corrected chi connectivity index (χ3v) is 3.25. The SMILES string of the molecule is CCC(NC(=O)N1CCCC(C(=O)O)C1)C(=O)OC. The van der Waals surface area contributed by atoms with E-state index in [9.17, 15) is 14.4 Å². The van der Waals surface area contributed by atoms with Gasteiger partial charge in [0.05, 0.1) is 13.0 Å². The summed E-state index contributed by atoms with van der Waals surface area (Å²) in [6, 6.07) is -1.11. The summed E-state index contributed by atoms with van der Waals surface area (Å²) in [6.07, 6.45) is 1.65. The van der Waals surface area contributed by atoms with Gasteiger partial charge in [0.1, 0.15) is 6.04 Å². The monoisotopic (exact) mass is 272 g/mol. The van der Waals surface area contributed by atoms with Crippen LogP contribution < -0.4 is 5.32 Å². The van der Waals surface area contributed by atoms with Gasteiger partial charge in [0, 0.05) is 13.1 Å². The van der Waals surface area contributed by atoms with Crippen molar-refractivity contribution in [2.24, 2.45) is 5.92 Å². The predicted octanol–water partition coefficient (Wildman–Crippen LogP) is 0.444. The number of urea groups is 1. The fraction of sp³-hybridized carbons (Fsp3) is 0.750. The fourth-order valence-corrected chi connectivity index (χ4v) is 2.07. The molecule has 1 aliphatic heterocycles. The first-order valence-corrected chi connectivity index (χ1v) is 6.35. The summed E-state index contributed by atoms with van der Waals surface area (Å²) >= 11 is 0. The molecule has 0 radical (unpaired) electrons. The summed E-state index contributed by atoms with van der Waals surface area (Å²) in [7, 11) is 1.26. The van der Waals surface area contributed by atoms with E-state index in [4.69, 9.17) is 5.11 Å². The number of esters is 1. The average molecular weight is 272 g/mol. The average Bonchev–Trinajstić information content (AvgIpc) is 2.43. The molecule has 0 aromatic heterocycles. The molecule has 2 amide bonds. The minimum absolute atomic E-state index is 0.179. The van der Waals surface area contributed by atoms with Crippen molar-refractivity contribution in [3.63, 3.8) is 0 Å². The number of ether oxygens (including phenoxy) is 1. The van der Waals surface area contributed by atoms with Gasteiger partial charge in [0.2, 0.25) is 0 Å². The molecule has 0 aliphatic carbocycles. The summed E-state index contributed by atoms with van der Waals surface area (Å²) in [4.78, 5) is 35.7. The van der Waals surface area contributed by atoms with Crippen LogP contribution in [0.15, 0.2) is 0 Å². The Hall–Kier alpha value is -1.79. The van der Waals surface area contributed by atoms with Crippen LogP contribution in [0.25, 0.3) is 0 Å². The van der Waals surface area contributed by atoms with Crippen LogP contribution in [-0.4, -0.2) is 54.2 Å². The molecule has 7 nitrogen and oxygen atoms in total. The number of piperidine rings is 1. The maximum absolute atomic E-state index is 12.0. The van der Waals surface area contributed by atoms with Crippen LogP contribution in [0.3, 0.4) is 0 Å². The van der Waals surface area contributed by atoms with E-state index < -0.39 is 29.9 Å². The van der Waals surface area contributed by atoms with Crippen molar-refractivity contribution in [2.75, 3.05) is 20.2 Å². The van der Waals surface area contributed by atoms with E-state index in [2.05, 4.69) is 10.1 Å². The van der Waals surface area contributed by atoms with E-state index in [0.29, 0.717) is 25.8 Å². The van der Waals surface area contributed by atoms with Crippen LogP contribution in [-0.2, 0) is 14.3 Å². The van der Waals surface area contributed by atoms with Crippen molar-refractivity contribution < 1.29 is 24.2 Å². The molecule has 2 atom stereocenters. The van der Waals surface area contributed by atoms with Crippen molar-refractivity contribution in [2.45, 2.75) is 32.2 Å². The highest BCUT2D eigenvalue weighted by Crippen LogP contribution is 2.16. The summed E-state index contributed by atoms with van der Waals surface area (Å²) < 4.78 is 4.58. The lowest BCUT2D eigenvalue weighted by atomic mass is 9.99. The minimum Gasteiger partial charge on any atom is -0.481 e. The van der Waals surface area contributed by atoms with Crippen molar-refractivity contribution in [1.82, 2.24) is 10.2 Å². The molecule has 2 N–H and O–H groups in total. The number of hydrogen-bond donors (Lipinski definition) is 2. The van der Waals surface area contributed by atoms with Crippen molar-refractivity contribution in [3.05, 3.63) is 0 Å². The topological polar surface area (TPSA) is 95.9 Å². The molecule has 1 rings (SSSR count). The molecular formula is C12H20N2O5. The number of aliphatic carboxylic acids is 1. The Kier molecular flexibility index (Phi) is 5.59. The van der Waals surface area contributed by atoms with Crippen LogP contribution in [0, 0.1) is 5.92 Å². The molecule has 0 bridgehead atoms. The number of hydrogen-bond acceptors (Lipinski definition) is 4. The largest absolute Gasteiger partial charge is 0.481 e. The van der Waals surface area contributed by atoms with Crippen LogP contribution in [0.4, 0.5) is 4.79 Å². The highest BCUT2D eigenvalue weighted by Gasteiger charge is 2.30. The molecule has 7 heteroatoms. The zero-order valence-electron chi connectivity index (χ0n) is 11.2. The lowest BCUT2D eigenvalue weighted by molar-refractivity contribution is -0.144. The standard InChI is InChI=1S/C12H20N2O5/c1-3-9(11(17)19-2)13-12(18)14-6-4-5-8(7-14)10(15)16/h8-9H,3-7H2,1-2H3,(H,13,18)(H,15,16). The molecule has 1 heterocycles. The first kappa shape index (κ1) is 15.3. The van der Waals surface area contributed by atoms with E-state index in [0.717, 1.165) is 0 Å². The molecule has 0 spiro atoms. The highest BCUT2D eigenvalue weighted by molar-refractivity contribution is 5.84. The number of rotatable bonds is 4. The number of nitrogens with zero attached hydrogens (tertiary/aromatic N) is 1. The number of carboxylic acid groups (broad SMARTS) is 1. The van der Waals surface area contributed by atoms with Gasteiger partial charge in [0.15, 0.2) is 0 Å². The van der Waals surface area contributed by atoms with Gasteiger partial charge in [-0.05, 0) is 19.3 Å². The van der Waals surface area contributed by atoms with E-state index in [-0.39, 0.29) is 6.54 Å². The van der Waals surface area contributed by atoms with Crippen molar-refractivity contribution >= 4 is 18.0 Å². The highest BCUT2D eigenvalue weighted by atomic mass is 16.5. The molecule has 108 valence electrons. The van der Waals surface area contributed by atoms with Crippen LogP contribution in [0.2, 0.25) is 0 Å². The second kappa shape index (κ2) is 6.96. The Morgan fingerprint density at radius 1 is 1.47 bits per heavy atom. The van der Waals surface area contributed by atoms with E-state index >= 15 is 0 Å². The van der Waals surface area contributed by atoms with Gasteiger partial charge in [-0.3, -0.25) is 4.79 Å². The molecule has 0 aromatic carbocycles. The number of carbonyl (C=O) groups excluding carboxylic acids is 2. The third kappa shape index (κ3) is 4.11. The normalized spacial score (nSPS) is 20.5. The van der Waals surface area contributed by atoms with Crippen molar-refractivity contribution in [1.29, 1.82) is 0 Å². The number of nitrogens with one attached hydrogen (secondary N) is 1. The Bertz CT molecular complexity index is 358. The third-order valence-electron chi connectivity index (χ3n) is 3.25. The number of methoxy groups -OCH3 is 1. The summed E-state index contributed by atoms with van der Waals surface area (Å²) in [5, 5.41) is 11.5. The summed E-state index contributed by atoms with van der Waals surface area (Å²) in [6.45, 7) is 2.45. The predicted molar refractivity (Wildman–Crippen MR) is 66.6 cm³/mol. The molecular weight excluding hydrogens is 252 g/mol. The Morgan fingerprint density at radius 3 is 2.68 bits per heavy atom. The molecule has 2 unspecified atom stereocenters. The second-order valence-electron chi connectivity index (χ2n) is 4.56. The number of carbonyl (C=O) groups is 3. The Morgan fingerprint density at radius 2 is 2.16 bits per heavy atom. The summed E-state index contributed by atoms with van der Waals surface area (Å²) in [5.74, 6) is -1.92. The van der Waals surface area contributed by atoms with E-state index in [1.165, 1.54) is 12.0 Å². The molecule has 1 aliphatic rings. The van der Waals surface area contributed by atoms with Crippen LogP contribution in [0.1, 0.15) is 26.2 Å².